The number of halogens is 1. The van der Waals surface area contributed by atoms with Crippen molar-refractivity contribution in [1.29, 1.82) is 0 Å². The van der Waals surface area contributed by atoms with Gasteiger partial charge >= 0.3 is 0 Å². The van der Waals surface area contributed by atoms with Crippen molar-refractivity contribution in [2.24, 2.45) is 0 Å². The van der Waals surface area contributed by atoms with Gasteiger partial charge in [-0.25, -0.2) is 8.42 Å². The Bertz CT molecular complexity index is 1360. The quantitative estimate of drug-likeness (QED) is 0.334. The van der Waals surface area contributed by atoms with Crippen molar-refractivity contribution in [1.82, 2.24) is 5.32 Å². The fourth-order valence-electron chi connectivity index (χ4n) is 3.93. The van der Waals surface area contributed by atoms with Gasteiger partial charge in [0.1, 0.15) is 0 Å². The van der Waals surface area contributed by atoms with E-state index in [-0.39, 0.29) is 24.6 Å². The van der Waals surface area contributed by atoms with E-state index >= 15 is 0 Å². The lowest BCUT2D eigenvalue weighted by atomic mass is 9.95. The summed E-state index contributed by atoms with van der Waals surface area (Å²) in [5.74, 6) is -0.702. The van der Waals surface area contributed by atoms with Gasteiger partial charge in [0.05, 0.1) is 25.4 Å². The maximum atomic E-state index is 13.7. The molecular weight excluding hydrogens is 484 g/mol. The summed E-state index contributed by atoms with van der Waals surface area (Å²) in [6.07, 6.45) is 1.48. The van der Waals surface area contributed by atoms with Crippen LogP contribution in [0.15, 0.2) is 96.4 Å². The van der Waals surface area contributed by atoms with Gasteiger partial charge in [-0.2, -0.15) is 0 Å². The molecule has 3 aromatic carbocycles. The van der Waals surface area contributed by atoms with Crippen molar-refractivity contribution in [2.75, 3.05) is 24.0 Å². The molecule has 0 unspecified atom stereocenters. The fourth-order valence-corrected chi connectivity index (χ4v) is 5.84. The molecule has 0 spiro atoms. The van der Waals surface area contributed by atoms with Gasteiger partial charge < -0.3 is 10.1 Å². The lowest BCUT2D eigenvalue weighted by Crippen LogP contribution is -2.42. The summed E-state index contributed by atoms with van der Waals surface area (Å²) in [5.41, 5.74) is 2.92. The molecule has 1 N–H and O–H groups in total. The Labute approximate surface area is 210 Å². The highest BCUT2D eigenvalue weighted by molar-refractivity contribution is 7.97. The second-order valence-electron chi connectivity index (χ2n) is 7.85. The number of carbonyl (C=O) groups excluding carboxylic acids is 1. The average Bonchev–Trinajstić information content (AvgIpc) is 2.86. The lowest BCUT2D eigenvalue weighted by Gasteiger charge is -2.33. The highest BCUT2D eigenvalue weighted by atomic mass is 35.5. The molecule has 0 saturated carbocycles. The second kappa shape index (κ2) is 10.9. The lowest BCUT2D eigenvalue weighted by molar-refractivity contribution is -0.117. The van der Waals surface area contributed by atoms with Crippen LogP contribution in [0.25, 0.3) is 5.57 Å². The van der Waals surface area contributed by atoms with Crippen molar-refractivity contribution in [3.8, 4) is 0 Å². The van der Waals surface area contributed by atoms with E-state index < -0.39 is 15.9 Å². The first-order valence-corrected chi connectivity index (χ1v) is 12.9. The van der Waals surface area contributed by atoms with Crippen LogP contribution in [0, 0.1) is 0 Å². The van der Waals surface area contributed by atoms with Crippen LogP contribution in [0.4, 0.5) is 5.69 Å². The number of anilines is 1. The van der Waals surface area contributed by atoms with E-state index in [4.69, 9.17) is 16.3 Å². The van der Waals surface area contributed by atoms with Crippen molar-refractivity contribution >= 4 is 38.8 Å². The summed E-state index contributed by atoms with van der Waals surface area (Å²) in [4.78, 5) is 13.1. The third kappa shape index (κ3) is 5.32. The minimum atomic E-state index is -4.19. The highest BCUT2D eigenvalue weighted by Crippen LogP contribution is 2.43. The highest BCUT2D eigenvalue weighted by Gasteiger charge is 2.40. The van der Waals surface area contributed by atoms with Gasteiger partial charge in [-0.05, 0) is 29.3 Å². The van der Waals surface area contributed by atoms with E-state index in [0.29, 0.717) is 34.0 Å². The summed E-state index contributed by atoms with van der Waals surface area (Å²) in [6, 6.07) is 23.6. The Kier molecular flexibility index (Phi) is 7.70. The summed E-state index contributed by atoms with van der Waals surface area (Å²) >= 11 is 6.29. The largest absolute Gasteiger partial charge is 0.375 e. The second-order valence-corrected chi connectivity index (χ2v) is 10.1. The minimum absolute atomic E-state index is 0.00992. The summed E-state index contributed by atoms with van der Waals surface area (Å²) in [7, 11) is -4.19. The zero-order chi connectivity index (χ0) is 24.8. The molecule has 0 fully saturated rings. The van der Waals surface area contributed by atoms with Crippen molar-refractivity contribution in [2.45, 2.75) is 6.61 Å². The van der Waals surface area contributed by atoms with Crippen LogP contribution in [0.5, 0.6) is 0 Å². The molecule has 0 saturated heterocycles. The number of hydrogen-bond acceptors (Lipinski definition) is 4. The van der Waals surface area contributed by atoms with Gasteiger partial charge in [-0.15, -0.1) is 6.58 Å². The van der Waals surface area contributed by atoms with Crippen LogP contribution in [-0.4, -0.2) is 34.0 Å². The van der Waals surface area contributed by atoms with Gasteiger partial charge in [0.2, 0.25) is 0 Å². The smallest absolute Gasteiger partial charge is 0.270 e. The molecule has 0 aliphatic carbocycles. The number of ether oxygens (including phenoxy) is 1. The van der Waals surface area contributed by atoms with Crippen LogP contribution in [0.1, 0.15) is 16.7 Å². The summed E-state index contributed by atoms with van der Waals surface area (Å²) in [6.45, 7) is 4.47. The first kappa shape index (κ1) is 24.7. The topological polar surface area (TPSA) is 75.7 Å². The molecule has 0 atom stereocenters. The molecule has 1 aliphatic heterocycles. The van der Waals surface area contributed by atoms with E-state index in [1.807, 2.05) is 36.4 Å². The fraction of sp³-hybridized carbons (Fsp3) is 0.148. The maximum Gasteiger partial charge on any atom is 0.270 e. The number of benzene rings is 3. The molecule has 0 bridgehead atoms. The van der Waals surface area contributed by atoms with Crippen LogP contribution in [-0.2, 0) is 26.2 Å². The Hall–Kier alpha value is -3.39. The molecule has 6 nitrogen and oxygen atoms in total. The molecule has 35 heavy (non-hydrogen) atoms. The Morgan fingerprint density at radius 3 is 2.40 bits per heavy atom. The van der Waals surface area contributed by atoms with Gasteiger partial charge in [0.25, 0.3) is 15.9 Å². The van der Waals surface area contributed by atoms with E-state index in [0.717, 1.165) is 5.56 Å². The van der Waals surface area contributed by atoms with Gasteiger partial charge in [-0.1, -0.05) is 78.3 Å². The molecule has 0 aromatic heterocycles. The van der Waals surface area contributed by atoms with E-state index in [9.17, 15) is 13.2 Å². The molecular formula is C27H25ClN2O4S. The first-order chi connectivity index (χ1) is 16.9. The van der Waals surface area contributed by atoms with Crippen LogP contribution >= 0.6 is 11.6 Å². The predicted molar refractivity (Wildman–Crippen MR) is 139 cm³/mol. The number of nitrogens with zero attached hydrogens (tertiary/aromatic N) is 1. The normalized spacial score (nSPS) is 14.4. The number of sulfonamides is 1. The summed E-state index contributed by atoms with van der Waals surface area (Å²) < 4.78 is 34.3. The monoisotopic (exact) mass is 508 g/mol. The van der Waals surface area contributed by atoms with E-state index in [2.05, 4.69) is 11.9 Å². The molecule has 1 heterocycles. The third-order valence-electron chi connectivity index (χ3n) is 5.48. The Morgan fingerprint density at radius 2 is 1.71 bits per heavy atom. The number of nitrogens with one attached hydrogen (secondary N) is 1. The standard InChI is InChI=1S/C27H25ClN2O4S/c1-2-16-30-24-14-13-22(28)18-23(24)25(21-11-7-4-8-12-21)26(35(30,32)33)27(31)29-15-17-34-19-20-9-5-3-6-10-20/h2-14,18H,1,15-17,19H2,(H,29,31). The van der Waals surface area contributed by atoms with Crippen molar-refractivity contribution in [3.05, 3.63) is 118 Å². The Balaban J connectivity index is 1.68. The molecule has 4 rings (SSSR count). The molecule has 3 aromatic rings. The molecule has 1 aliphatic rings. The van der Waals surface area contributed by atoms with Crippen LogP contribution < -0.4 is 9.62 Å². The summed E-state index contributed by atoms with van der Waals surface area (Å²) in [5, 5.41) is 3.15. The van der Waals surface area contributed by atoms with Crippen LogP contribution in [0.3, 0.4) is 0 Å². The zero-order valence-corrected chi connectivity index (χ0v) is 20.6. The molecule has 0 radical (unpaired) electrons. The average molecular weight is 509 g/mol. The third-order valence-corrected chi connectivity index (χ3v) is 7.55. The van der Waals surface area contributed by atoms with Crippen molar-refractivity contribution < 1.29 is 17.9 Å². The molecule has 1 amide bonds. The Morgan fingerprint density at radius 1 is 1.03 bits per heavy atom. The van der Waals surface area contributed by atoms with E-state index in [1.54, 1.807) is 42.5 Å². The zero-order valence-electron chi connectivity index (χ0n) is 19.0. The van der Waals surface area contributed by atoms with Crippen LogP contribution in [0.2, 0.25) is 5.02 Å². The minimum Gasteiger partial charge on any atom is -0.375 e. The van der Waals surface area contributed by atoms with Gasteiger partial charge in [0.15, 0.2) is 4.91 Å². The number of rotatable bonds is 9. The first-order valence-electron chi connectivity index (χ1n) is 11.1. The number of amides is 1. The van der Waals surface area contributed by atoms with Gasteiger partial charge in [0, 0.05) is 22.7 Å². The SMILES string of the molecule is C=CCN1c2ccc(Cl)cc2C(c2ccccc2)=C(C(=O)NCCOCc2ccccc2)S1(=O)=O. The number of hydrogen-bond donors (Lipinski definition) is 1. The van der Waals surface area contributed by atoms with Crippen molar-refractivity contribution in [3.63, 3.8) is 0 Å². The van der Waals surface area contributed by atoms with Gasteiger partial charge in [-0.3, -0.25) is 9.10 Å². The number of carbonyl (C=O) groups is 1. The maximum absolute atomic E-state index is 13.7. The molecule has 8 heteroatoms. The van der Waals surface area contributed by atoms with E-state index in [1.165, 1.54) is 10.4 Å². The number of fused-ring (bicyclic) bond motifs is 1. The predicted octanol–water partition coefficient (Wildman–Crippen LogP) is 4.77. The molecule has 180 valence electrons.